The third-order valence-corrected chi connectivity index (χ3v) is 6.77. The highest BCUT2D eigenvalue weighted by atomic mass is 32.2. The highest BCUT2D eigenvalue weighted by molar-refractivity contribution is 7.93. The van der Waals surface area contributed by atoms with Gasteiger partial charge in [-0.25, -0.2) is 21.6 Å². The highest BCUT2D eigenvalue weighted by Crippen LogP contribution is 2.25. The number of rotatable bonds is 7. The molecule has 0 unspecified atom stereocenters. The van der Waals surface area contributed by atoms with Gasteiger partial charge in [0.25, 0.3) is 5.91 Å². The zero-order valence-corrected chi connectivity index (χ0v) is 18.1. The van der Waals surface area contributed by atoms with Crippen LogP contribution in [0.25, 0.3) is 0 Å². The Kier molecular flexibility index (Phi) is 7.07. The lowest BCUT2D eigenvalue weighted by Gasteiger charge is -2.23. The molecule has 1 aliphatic heterocycles. The number of benzene rings is 2. The standard InChI is InChI=1S/C21H22F3N3O4S/c1-2-9-26(13-18(28)25-17-8-7-16(22)19(23)20(17)24)21(29)14-5-3-6-15(12-14)27-10-4-11-32(27,30)31/h3,5-8,12H,2,4,9-11,13H2,1H3,(H,25,28). The Morgan fingerprint density at radius 1 is 1.12 bits per heavy atom. The van der Waals surface area contributed by atoms with Crippen LogP contribution in [0.4, 0.5) is 24.5 Å². The van der Waals surface area contributed by atoms with Gasteiger partial charge in [0.15, 0.2) is 17.5 Å². The Labute approximate surface area is 183 Å². The van der Waals surface area contributed by atoms with E-state index in [-0.39, 0.29) is 17.9 Å². The summed E-state index contributed by atoms with van der Waals surface area (Å²) in [7, 11) is -3.43. The van der Waals surface area contributed by atoms with Gasteiger partial charge in [-0.15, -0.1) is 0 Å². The largest absolute Gasteiger partial charge is 0.329 e. The zero-order valence-electron chi connectivity index (χ0n) is 17.3. The van der Waals surface area contributed by atoms with E-state index >= 15 is 0 Å². The van der Waals surface area contributed by atoms with Crippen LogP contribution in [-0.4, -0.2) is 50.5 Å². The van der Waals surface area contributed by atoms with Gasteiger partial charge in [-0.2, -0.15) is 0 Å². The molecule has 0 radical (unpaired) electrons. The second-order valence-corrected chi connectivity index (χ2v) is 9.30. The first-order chi connectivity index (χ1) is 15.1. The Hall–Kier alpha value is -3.08. The van der Waals surface area contributed by atoms with Gasteiger partial charge in [0.05, 0.1) is 17.1 Å². The third kappa shape index (κ3) is 5.04. The topological polar surface area (TPSA) is 86.8 Å². The average Bonchev–Trinajstić information content (AvgIpc) is 3.12. The third-order valence-electron chi connectivity index (χ3n) is 4.90. The molecule has 0 saturated carbocycles. The van der Waals surface area contributed by atoms with Crippen molar-refractivity contribution < 1.29 is 31.2 Å². The molecule has 0 bridgehead atoms. The smallest absolute Gasteiger partial charge is 0.254 e. The fourth-order valence-corrected chi connectivity index (χ4v) is 4.97. The van der Waals surface area contributed by atoms with Gasteiger partial charge in [0.2, 0.25) is 15.9 Å². The minimum absolute atomic E-state index is 0.0356. The first-order valence-corrected chi connectivity index (χ1v) is 11.6. The SMILES string of the molecule is CCCN(CC(=O)Nc1ccc(F)c(F)c1F)C(=O)c1cccc(N2CCCS2(=O)=O)c1. The minimum atomic E-state index is -3.43. The summed E-state index contributed by atoms with van der Waals surface area (Å²) in [6, 6.07) is 7.66. The number of anilines is 2. The van der Waals surface area contributed by atoms with Crippen LogP contribution in [0.2, 0.25) is 0 Å². The quantitative estimate of drug-likeness (QED) is 0.632. The van der Waals surface area contributed by atoms with E-state index in [4.69, 9.17) is 0 Å². The number of halogens is 3. The van der Waals surface area contributed by atoms with E-state index in [1.165, 1.54) is 21.3 Å². The normalized spacial score (nSPS) is 14.9. The maximum absolute atomic E-state index is 13.8. The lowest BCUT2D eigenvalue weighted by Crippen LogP contribution is -2.38. The van der Waals surface area contributed by atoms with Gasteiger partial charge in [-0.3, -0.25) is 13.9 Å². The summed E-state index contributed by atoms with van der Waals surface area (Å²) in [6.45, 7) is 1.84. The molecule has 2 aromatic rings. The molecule has 0 atom stereocenters. The summed E-state index contributed by atoms with van der Waals surface area (Å²) in [6.07, 6.45) is 1.00. The van der Waals surface area contributed by atoms with Crippen LogP contribution >= 0.6 is 0 Å². The van der Waals surface area contributed by atoms with Crippen molar-refractivity contribution in [1.29, 1.82) is 0 Å². The fraction of sp³-hybridized carbons (Fsp3) is 0.333. The van der Waals surface area contributed by atoms with Gasteiger partial charge in [-0.05, 0) is 43.2 Å². The van der Waals surface area contributed by atoms with E-state index in [2.05, 4.69) is 5.32 Å². The van der Waals surface area contributed by atoms with E-state index < -0.39 is 51.5 Å². The molecule has 1 heterocycles. The van der Waals surface area contributed by atoms with Crippen molar-refractivity contribution in [2.75, 3.05) is 35.0 Å². The zero-order chi connectivity index (χ0) is 23.5. The van der Waals surface area contributed by atoms with Gasteiger partial charge < -0.3 is 10.2 Å². The molecule has 32 heavy (non-hydrogen) atoms. The van der Waals surface area contributed by atoms with E-state index in [0.29, 0.717) is 31.1 Å². The second-order valence-electron chi connectivity index (χ2n) is 7.29. The molecule has 0 aromatic heterocycles. The second kappa shape index (κ2) is 9.60. The molecule has 1 fully saturated rings. The van der Waals surface area contributed by atoms with Crippen LogP contribution in [0.3, 0.4) is 0 Å². The molecule has 2 amide bonds. The summed E-state index contributed by atoms with van der Waals surface area (Å²) in [5.74, 6) is -5.91. The molecule has 1 aliphatic rings. The van der Waals surface area contributed by atoms with Crippen molar-refractivity contribution in [1.82, 2.24) is 4.90 Å². The van der Waals surface area contributed by atoms with Gasteiger partial charge >= 0.3 is 0 Å². The summed E-state index contributed by atoms with van der Waals surface area (Å²) < 4.78 is 65.9. The van der Waals surface area contributed by atoms with E-state index in [1.807, 2.05) is 0 Å². The van der Waals surface area contributed by atoms with Crippen molar-refractivity contribution in [3.63, 3.8) is 0 Å². The highest BCUT2D eigenvalue weighted by Gasteiger charge is 2.29. The Morgan fingerprint density at radius 2 is 1.88 bits per heavy atom. The van der Waals surface area contributed by atoms with Crippen LogP contribution in [0.5, 0.6) is 0 Å². The number of amides is 2. The molecule has 0 spiro atoms. The number of carbonyl (C=O) groups is 2. The molecule has 172 valence electrons. The monoisotopic (exact) mass is 469 g/mol. The molecule has 3 rings (SSSR count). The molecule has 0 aliphatic carbocycles. The number of carbonyl (C=O) groups excluding carboxylic acids is 2. The van der Waals surface area contributed by atoms with E-state index in [0.717, 1.165) is 6.07 Å². The first kappa shape index (κ1) is 23.6. The molecule has 1 N–H and O–H groups in total. The van der Waals surface area contributed by atoms with Crippen LogP contribution in [0, 0.1) is 17.5 Å². The van der Waals surface area contributed by atoms with Crippen molar-refractivity contribution in [3.05, 3.63) is 59.4 Å². The van der Waals surface area contributed by atoms with Gasteiger partial charge in [-0.1, -0.05) is 13.0 Å². The number of hydrogen-bond acceptors (Lipinski definition) is 4. The Balaban J connectivity index is 1.77. The molecule has 7 nitrogen and oxygen atoms in total. The number of hydrogen-bond donors (Lipinski definition) is 1. The molecule has 1 saturated heterocycles. The van der Waals surface area contributed by atoms with Crippen LogP contribution in [0.1, 0.15) is 30.1 Å². The minimum Gasteiger partial charge on any atom is -0.329 e. The van der Waals surface area contributed by atoms with Crippen molar-refractivity contribution >= 4 is 33.2 Å². The number of nitrogens with zero attached hydrogens (tertiary/aromatic N) is 2. The summed E-state index contributed by atoms with van der Waals surface area (Å²) in [4.78, 5) is 26.6. The Bertz CT molecular complexity index is 1140. The van der Waals surface area contributed by atoms with Gasteiger partial charge in [0, 0.05) is 18.7 Å². The number of nitrogens with one attached hydrogen (secondary N) is 1. The van der Waals surface area contributed by atoms with Crippen molar-refractivity contribution in [2.45, 2.75) is 19.8 Å². The average molecular weight is 469 g/mol. The molecule has 11 heteroatoms. The predicted octanol–water partition coefficient (Wildman–Crippen LogP) is 3.13. The first-order valence-electron chi connectivity index (χ1n) is 9.97. The lowest BCUT2D eigenvalue weighted by molar-refractivity contribution is -0.116. The number of sulfonamides is 1. The van der Waals surface area contributed by atoms with Crippen molar-refractivity contribution in [3.8, 4) is 0 Å². The van der Waals surface area contributed by atoms with Gasteiger partial charge in [0.1, 0.15) is 6.54 Å². The van der Waals surface area contributed by atoms with E-state index in [1.54, 1.807) is 19.1 Å². The molecular formula is C21H22F3N3O4S. The van der Waals surface area contributed by atoms with Crippen LogP contribution in [-0.2, 0) is 14.8 Å². The van der Waals surface area contributed by atoms with E-state index in [9.17, 15) is 31.2 Å². The summed E-state index contributed by atoms with van der Waals surface area (Å²) in [5.41, 5.74) is 0.00185. The van der Waals surface area contributed by atoms with Crippen LogP contribution in [0.15, 0.2) is 36.4 Å². The maximum Gasteiger partial charge on any atom is 0.254 e. The van der Waals surface area contributed by atoms with Crippen LogP contribution < -0.4 is 9.62 Å². The fourth-order valence-electron chi connectivity index (χ4n) is 3.41. The Morgan fingerprint density at radius 3 is 2.53 bits per heavy atom. The summed E-state index contributed by atoms with van der Waals surface area (Å²) >= 11 is 0. The molecular weight excluding hydrogens is 447 g/mol. The summed E-state index contributed by atoms with van der Waals surface area (Å²) in [5, 5.41) is 2.14. The lowest BCUT2D eigenvalue weighted by atomic mass is 10.1. The van der Waals surface area contributed by atoms with Crippen molar-refractivity contribution in [2.24, 2.45) is 0 Å². The maximum atomic E-state index is 13.8. The predicted molar refractivity (Wildman–Crippen MR) is 113 cm³/mol. The molecule has 2 aromatic carbocycles.